The number of benzene rings is 2. The number of amides is 4. The number of carbonyl (C=O) groups is 4. The van der Waals surface area contributed by atoms with E-state index in [1.54, 1.807) is 43.5 Å². The van der Waals surface area contributed by atoms with Gasteiger partial charge in [0.2, 0.25) is 11.8 Å². The quantitative estimate of drug-likeness (QED) is 0.151. The van der Waals surface area contributed by atoms with E-state index in [0.717, 1.165) is 42.0 Å². The lowest BCUT2D eigenvalue weighted by Crippen LogP contribution is -2.54. The molecule has 3 heterocycles. The van der Waals surface area contributed by atoms with Gasteiger partial charge in [-0.2, -0.15) is 0 Å². The van der Waals surface area contributed by atoms with E-state index in [-0.39, 0.29) is 35.5 Å². The summed E-state index contributed by atoms with van der Waals surface area (Å²) in [4.78, 5) is 59.5. The molecule has 0 spiro atoms. The van der Waals surface area contributed by atoms with Gasteiger partial charge in [0.05, 0.1) is 28.5 Å². The Bertz CT molecular complexity index is 1780. The Morgan fingerprint density at radius 2 is 1.87 bits per heavy atom. The van der Waals surface area contributed by atoms with Crippen LogP contribution in [0, 0.1) is 17.1 Å². The molecule has 1 aliphatic carbocycles. The molecule has 11 nitrogen and oxygen atoms in total. The minimum Gasteiger partial charge on any atom is -0.385 e. The van der Waals surface area contributed by atoms with Gasteiger partial charge in [0.1, 0.15) is 11.6 Å². The molecule has 4 amide bonds. The first-order valence-electron chi connectivity index (χ1n) is 15.1. The normalized spacial score (nSPS) is 21.7. The highest BCUT2D eigenvalue weighted by Crippen LogP contribution is 2.33. The standard InChI is InChI=1S/C33H34FN7O4/c1-17(35)29(26-16-37-25-7-3-6-24(34)30(25)39-26)18(2)38-21-13-19(14-21)5-4-12-36-20-8-9-22-23(15-20)33(45)41(32(22)44)27-10-11-28(42)40-31(27)43/h3,6-9,15-16,19,21,27,35-36,38H,4-5,10-14H2,1-2H3,(H,40,42,43)/b29-18+,35-17?. The van der Waals surface area contributed by atoms with Crippen LogP contribution in [-0.2, 0) is 9.59 Å². The highest BCUT2D eigenvalue weighted by atomic mass is 19.1. The summed E-state index contributed by atoms with van der Waals surface area (Å²) in [5, 5.41) is 17.4. The van der Waals surface area contributed by atoms with E-state index in [4.69, 9.17) is 5.41 Å². The number of hydrogen-bond acceptors (Lipinski definition) is 9. The third kappa shape index (κ3) is 5.92. The number of nitrogens with one attached hydrogen (secondary N) is 4. The van der Waals surface area contributed by atoms with Gasteiger partial charge in [-0.3, -0.25) is 34.4 Å². The maximum absolute atomic E-state index is 14.3. The molecule has 2 fully saturated rings. The van der Waals surface area contributed by atoms with Crippen LogP contribution in [-0.4, -0.2) is 62.8 Å². The lowest BCUT2D eigenvalue weighted by Gasteiger charge is -2.37. The van der Waals surface area contributed by atoms with Gasteiger partial charge in [0, 0.05) is 41.7 Å². The van der Waals surface area contributed by atoms with E-state index in [1.807, 2.05) is 6.92 Å². The largest absolute Gasteiger partial charge is 0.385 e. The van der Waals surface area contributed by atoms with Crippen molar-refractivity contribution in [1.29, 1.82) is 5.41 Å². The molecule has 2 aliphatic heterocycles. The van der Waals surface area contributed by atoms with Gasteiger partial charge in [-0.1, -0.05) is 6.07 Å². The highest BCUT2D eigenvalue weighted by Gasteiger charge is 2.44. The molecule has 1 saturated heterocycles. The van der Waals surface area contributed by atoms with Crippen molar-refractivity contribution >= 4 is 51.6 Å². The molecule has 12 heteroatoms. The van der Waals surface area contributed by atoms with Gasteiger partial charge in [-0.05, 0) is 82.2 Å². The molecule has 6 rings (SSSR count). The van der Waals surface area contributed by atoms with Crippen molar-refractivity contribution in [2.24, 2.45) is 5.92 Å². The second kappa shape index (κ2) is 12.2. The van der Waals surface area contributed by atoms with Gasteiger partial charge in [0.15, 0.2) is 5.82 Å². The fraction of sp³-hybridized carbons (Fsp3) is 0.364. The highest BCUT2D eigenvalue weighted by molar-refractivity contribution is 6.24. The van der Waals surface area contributed by atoms with Crippen molar-refractivity contribution in [1.82, 2.24) is 25.5 Å². The van der Waals surface area contributed by atoms with Gasteiger partial charge >= 0.3 is 0 Å². The van der Waals surface area contributed by atoms with Crippen molar-refractivity contribution in [2.75, 3.05) is 11.9 Å². The summed E-state index contributed by atoms with van der Waals surface area (Å²) in [6.45, 7) is 4.30. The number of anilines is 1. The molecule has 1 aromatic heterocycles. The number of halogens is 1. The predicted molar refractivity (Wildman–Crippen MR) is 166 cm³/mol. The maximum atomic E-state index is 14.3. The number of nitrogens with zero attached hydrogens (tertiary/aromatic N) is 3. The van der Waals surface area contributed by atoms with Crippen molar-refractivity contribution in [3.05, 3.63) is 70.9 Å². The molecule has 1 saturated carbocycles. The van der Waals surface area contributed by atoms with Crippen LogP contribution in [0.4, 0.5) is 10.1 Å². The van der Waals surface area contributed by atoms with Crippen LogP contribution in [0.15, 0.2) is 48.3 Å². The Balaban J connectivity index is 0.989. The molecular formula is C33H34FN7O4. The molecule has 1 unspecified atom stereocenters. The lowest BCUT2D eigenvalue weighted by molar-refractivity contribution is -0.136. The van der Waals surface area contributed by atoms with Gasteiger partial charge in [-0.15, -0.1) is 0 Å². The van der Waals surface area contributed by atoms with Crippen LogP contribution in [0.3, 0.4) is 0 Å². The first-order valence-corrected chi connectivity index (χ1v) is 15.1. The van der Waals surface area contributed by atoms with E-state index < -0.39 is 35.5 Å². The topological polar surface area (TPSA) is 157 Å². The number of aromatic nitrogens is 2. The SMILES string of the molecule is CC(=N)/C(=C(/C)NC1CC(CCCNc2ccc3c(c2)C(=O)N(C2CCC(=O)NC2=O)C3=O)C1)c1cnc2cccc(F)c2n1. The number of allylic oxidation sites excluding steroid dienone is 2. The van der Waals surface area contributed by atoms with E-state index in [1.165, 1.54) is 6.07 Å². The minimum absolute atomic E-state index is 0.0814. The third-order valence-electron chi connectivity index (χ3n) is 8.74. The summed E-state index contributed by atoms with van der Waals surface area (Å²) in [6, 6.07) is 8.96. The molecule has 3 aromatic rings. The maximum Gasteiger partial charge on any atom is 0.262 e. The van der Waals surface area contributed by atoms with Gasteiger partial charge in [-0.25, -0.2) is 9.37 Å². The zero-order chi connectivity index (χ0) is 31.8. The Morgan fingerprint density at radius 1 is 1.09 bits per heavy atom. The average molecular weight is 612 g/mol. The summed E-state index contributed by atoms with van der Waals surface area (Å²) >= 11 is 0. The molecule has 45 heavy (non-hydrogen) atoms. The first-order chi connectivity index (χ1) is 21.6. The number of fused-ring (bicyclic) bond motifs is 2. The second-order valence-corrected chi connectivity index (χ2v) is 11.9. The molecule has 0 bridgehead atoms. The zero-order valence-corrected chi connectivity index (χ0v) is 25.1. The molecule has 3 aliphatic rings. The predicted octanol–water partition coefficient (Wildman–Crippen LogP) is 4.20. The van der Waals surface area contributed by atoms with Crippen molar-refractivity contribution < 1.29 is 23.6 Å². The molecule has 1 atom stereocenters. The second-order valence-electron chi connectivity index (χ2n) is 11.9. The van der Waals surface area contributed by atoms with Crippen LogP contribution in [0.5, 0.6) is 0 Å². The summed E-state index contributed by atoms with van der Waals surface area (Å²) in [6.07, 6.45) is 5.71. The fourth-order valence-corrected chi connectivity index (χ4v) is 6.46. The number of para-hydroxylation sites is 1. The number of piperidine rings is 1. The number of carbonyl (C=O) groups excluding carboxylic acids is 4. The minimum atomic E-state index is -0.982. The zero-order valence-electron chi connectivity index (χ0n) is 25.1. The van der Waals surface area contributed by atoms with Crippen molar-refractivity contribution in [2.45, 2.75) is 64.5 Å². The van der Waals surface area contributed by atoms with E-state index in [9.17, 15) is 23.6 Å². The number of rotatable bonds is 10. The lowest BCUT2D eigenvalue weighted by atomic mass is 9.77. The van der Waals surface area contributed by atoms with E-state index in [0.29, 0.717) is 35.0 Å². The van der Waals surface area contributed by atoms with Gasteiger partial charge in [0.25, 0.3) is 11.8 Å². The first kappa shape index (κ1) is 30.0. The van der Waals surface area contributed by atoms with E-state index >= 15 is 0 Å². The molecular weight excluding hydrogens is 577 g/mol. The summed E-state index contributed by atoms with van der Waals surface area (Å²) in [5.74, 6) is -1.96. The van der Waals surface area contributed by atoms with E-state index in [2.05, 4.69) is 25.9 Å². The molecule has 232 valence electrons. The Kier molecular flexibility index (Phi) is 8.13. The van der Waals surface area contributed by atoms with Crippen LogP contribution in [0.1, 0.15) is 78.8 Å². The van der Waals surface area contributed by atoms with Crippen LogP contribution in [0.25, 0.3) is 16.6 Å². The Hall–Kier alpha value is -5.00. The van der Waals surface area contributed by atoms with Crippen molar-refractivity contribution in [3.8, 4) is 0 Å². The Morgan fingerprint density at radius 3 is 2.62 bits per heavy atom. The average Bonchev–Trinajstić information content (AvgIpc) is 3.22. The molecule has 4 N–H and O–H groups in total. The number of imide groups is 2. The summed E-state index contributed by atoms with van der Waals surface area (Å²) in [5.41, 5.74) is 4.13. The third-order valence-corrected chi connectivity index (χ3v) is 8.74. The van der Waals surface area contributed by atoms with Crippen LogP contribution >= 0.6 is 0 Å². The van der Waals surface area contributed by atoms with Crippen LogP contribution < -0.4 is 16.0 Å². The monoisotopic (exact) mass is 611 g/mol. The summed E-state index contributed by atoms with van der Waals surface area (Å²) in [7, 11) is 0. The van der Waals surface area contributed by atoms with Crippen molar-refractivity contribution in [3.63, 3.8) is 0 Å². The Labute approximate surface area is 259 Å². The summed E-state index contributed by atoms with van der Waals surface area (Å²) < 4.78 is 14.3. The van der Waals surface area contributed by atoms with Gasteiger partial charge < -0.3 is 16.0 Å². The fourth-order valence-electron chi connectivity index (χ4n) is 6.46. The smallest absolute Gasteiger partial charge is 0.262 e. The molecule has 0 radical (unpaired) electrons. The molecule has 2 aromatic carbocycles. The number of hydrogen-bond donors (Lipinski definition) is 4. The van der Waals surface area contributed by atoms with Crippen LogP contribution in [0.2, 0.25) is 0 Å².